The molecule has 1 aliphatic heterocycles. The van der Waals surface area contributed by atoms with Crippen molar-refractivity contribution in [3.8, 4) is 5.75 Å². The number of hydrogen-bond acceptors (Lipinski definition) is 6. The van der Waals surface area contributed by atoms with E-state index in [1.807, 2.05) is 44.2 Å². The summed E-state index contributed by atoms with van der Waals surface area (Å²) in [4.78, 5) is 25.3. The molecule has 1 N–H and O–H groups in total. The second-order valence-corrected chi connectivity index (χ2v) is 6.70. The number of carbonyl (C=O) groups excluding carboxylic acids is 1. The van der Waals surface area contributed by atoms with Gasteiger partial charge in [-0.3, -0.25) is 9.69 Å². The molecule has 1 unspecified atom stereocenters. The Morgan fingerprint density at radius 1 is 1.19 bits per heavy atom. The van der Waals surface area contributed by atoms with Crippen molar-refractivity contribution in [1.29, 1.82) is 0 Å². The molecule has 1 saturated heterocycles. The number of ether oxygens (including phenoxy) is 1. The number of piperazine rings is 1. The van der Waals surface area contributed by atoms with E-state index in [2.05, 4.69) is 25.1 Å². The molecule has 1 aromatic heterocycles. The van der Waals surface area contributed by atoms with Crippen molar-refractivity contribution in [2.75, 3.05) is 44.2 Å². The SMILES string of the molecule is Cc1cccc(OCCNC(=O)C(C)N2CCN(c3ncccn3)CC2)c1. The van der Waals surface area contributed by atoms with E-state index in [0.29, 0.717) is 13.2 Å². The topological polar surface area (TPSA) is 70.6 Å². The maximum absolute atomic E-state index is 12.4. The summed E-state index contributed by atoms with van der Waals surface area (Å²) in [6.07, 6.45) is 3.51. The van der Waals surface area contributed by atoms with E-state index in [9.17, 15) is 4.79 Å². The normalized spacial score (nSPS) is 16.0. The van der Waals surface area contributed by atoms with Crippen molar-refractivity contribution in [3.05, 3.63) is 48.3 Å². The summed E-state index contributed by atoms with van der Waals surface area (Å²) in [7, 11) is 0. The first-order valence-electron chi connectivity index (χ1n) is 9.36. The zero-order valence-electron chi connectivity index (χ0n) is 16.0. The Labute approximate surface area is 160 Å². The van der Waals surface area contributed by atoms with Crippen molar-refractivity contribution in [3.63, 3.8) is 0 Å². The van der Waals surface area contributed by atoms with Gasteiger partial charge in [-0.1, -0.05) is 12.1 Å². The number of amides is 1. The molecule has 2 heterocycles. The maximum Gasteiger partial charge on any atom is 0.237 e. The van der Waals surface area contributed by atoms with Gasteiger partial charge in [0.1, 0.15) is 12.4 Å². The van der Waals surface area contributed by atoms with Crippen molar-refractivity contribution in [2.45, 2.75) is 19.9 Å². The second-order valence-electron chi connectivity index (χ2n) is 6.70. The average Bonchev–Trinajstić information content (AvgIpc) is 2.71. The Hall–Kier alpha value is -2.67. The molecule has 7 heteroatoms. The Morgan fingerprint density at radius 2 is 1.93 bits per heavy atom. The lowest BCUT2D eigenvalue weighted by Gasteiger charge is -2.37. The van der Waals surface area contributed by atoms with Crippen LogP contribution in [0.5, 0.6) is 5.75 Å². The molecule has 1 aromatic carbocycles. The second kappa shape index (κ2) is 9.32. The zero-order chi connectivity index (χ0) is 19.1. The molecular formula is C20H27N5O2. The van der Waals surface area contributed by atoms with E-state index in [1.165, 1.54) is 0 Å². The molecular weight excluding hydrogens is 342 g/mol. The first-order chi connectivity index (χ1) is 13.1. The van der Waals surface area contributed by atoms with Gasteiger partial charge in [0.15, 0.2) is 0 Å². The van der Waals surface area contributed by atoms with Crippen LogP contribution in [0.2, 0.25) is 0 Å². The standard InChI is InChI=1S/C20H27N5O2/c1-16-5-3-6-18(15-16)27-14-9-21-19(26)17(2)24-10-12-25(13-11-24)20-22-7-4-8-23-20/h3-8,15,17H,9-14H2,1-2H3,(H,21,26). The summed E-state index contributed by atoms with van der Waals surface area (Å²) in [5.74, 6) is 1.62. The predicted molar refractivity (Wildman–Crippen MR) is 105 cm³/mol. The minimum Gasteiger partial charge on any atom is -0.492 e. The molecule has 0 radical (unpaired) electrons. The van der Waals surface area contributed by atoms with Crippen molar-refractivity contribution >= 4 is 11.9 Å². The largest absolute Gasteiger partial charge is 0.492 e. The van der Waals surface area contributed by atoms with Gasteiger partial charge in [0.2, 0.25) is 11.9 Å². The van der Waals surface area contributed by atoms with Crippen LogP contribution < -0.4 is 15.0 Å². The Balaban J connectivity index is 1.38. The number of hydrogen-bond donors (Lipinski definition) is 1. The number of rotatable bonds is 7. The van der Waals surface area contributed by atoms with Gasteiger partial charge in [-0.15, -0.1) is 0 Å². The molecule has 27 heavy (non-hydrogen) atoms. The summed E-state index contributed by atoms with van der Waals surface area (Å²) in [5, 5.41) is 2.96. The van der Waals surface area contributed by atoms with E-state index >= 15 is 0 Å². The van der Waals surface area contributed by atoms with Gasteiger partial charge < -0.3 is 15.0 Å². The minimum atomic E-state index is -0.164. The van der Waals surface area contributed by atoms with E-state index in [-0.39, 0.29) is 11.9 Å². The quantitative estimate of drug-likeness (QED) is 0.746. The van der Waals surface area contributed by atoms with Crippen LogP contribution in [-0.2, 0) is 4.79 Å². The molecule has 1 fully saturated rings. The number of nitrogens with one attached hydrogen (secondary N) is 1. The van der Waals surface area contributed by atoms with E-state index in [0.717, 1.165) is 43.4 Å². The van der Waals surface area contributed by atoms with Gasteiger partial charge in [-0.2, -0.15) is 0 Å². The first kappa shape index (κ1) is 19.1. The molecule has 0 bridgehead atoms. The molecule has 1 atom stereocenters. The Morgan fingerprint density at radius 3 is 2.63 bits per heavy atom. The highest BCUT2D eigenvalue weighted by molar-refractivity contribution is 5.81. The van der Waals surface area contributed by atoms with Gasteiger partial charge in [-0.05, 0) is 37.6 Å². The van der Waals surface area contributed by atoms with Gasteiger partial charge in [0.05, 0.1) is 12.6 Å². The fourth-order valence-electron chi connectivity index (χ4n) is 3.13. The maximum atomic E-state index is 12.4. The fraction of sp³-hybridized carbons (Fsp3) is 0.450. The number of anilines is 1. The summed E-state index contributed by atoms with van der Waals surface area (Å²) >= 11 is 0. The minimum absolute atomic E-state index is 0.0345. The van der Waals surface area contributed by atoms with Crippen LogP contribution in [0.25, 0.3) is 0 Å². The Kier molecular flexibility index (Phi) is 6.59. The highest BCUT2D eigenvalue weighted by Crippen LogP contribution is 2.13. The highest BCUT2D eigenvalue weighted by atomic mass is 16.5. The van der Waals surface area contributed by atoms with Crippen LogP contribution in [0.4, 0.5) is 5.95 Å². The van der Waals surface area contributed by atoms with Crippen molar-refractivity contribution in [1.82, 2.24) is 20.2 Å². The molecule has 0 saturated carbocycles. The zero-order valence-corrected chi connectivity index (χ0v) is 16.0. The Bertz CT molecular complexity index is 732. The van der Waals surface area contributed by atoms with Crippen molar-refractivity contribution < 1.29 is 9.53 Å². The van der Waals surface area contributed by atoms with E-state index < -0.39 is 0 Å². The highest BCUT2D eigenvalue weighted by Gasteiger charge is 2.26. The fourth-order valence-corrected chi connectivity index (χ4v) is 3.13. The molecule has 7 nitrogen and oxygen atoms in total. The van der Waals surface area contributed by atoms with Gasteiger partial charge in [0.25, 0.3) is 0 Å². The van der Waals surface area contributed by atoms with Crippen LogP contribution in [0, 0.1) is 6.92 Å². The van der Waals surface area contributed by atoms with Gasteiger partial charge >= 0.3 is 0 Å². The van der Waals surface area contributed by atoms with Crippen LogP contribution in [0.1, 0.15) is 12.5 Å². The smallest absolute Gasteiger partial charge is 0.237 e. The van der Waals surface area contributed by atoms with Crippen LogP contribution in [0.3, 0.4) is 0 Å². The van der Waals surface area contributed by atoms with Crippen LogP contribution >= 0.6 is 0 Å². The summed E-state index contributed by atoms with van der Waals surface area (Å²) < 4.78 is 5.68. The molecule has 3 rings (SSSR count). The predicted octanol–water partition coefficient (Wildman–Crippen LogP) is 1.49. The summed E-state index contributed by atoms with van der Waals surface area (Å²) in [6, 6.07) is 9.55. The lowest BCUT2D eigenvalue weighted by molar-refractivity contribution is -0.126. The average molecular weight is 369 g/mol. The summed E-state index contributed by atoms with van der Waals surface area (Å²) in [6.45, 7) is 8.19. The third-order valence-corrected chi connectivity index (χ3v) is 4.74. The number of benzene rings is 1. The van der Waals surface area contributed by atoms with E-state index in [4.69, 9.17) is 4.74 Å². The van der Waals surface area contributed by atoms with Crippen molar-refractivity contribution in [2.24, 2.45) is 0 Å². The first-order valence-corrected chi connectivity index (χ1v) is 9.36. The third-order valence-electron chi connectivity index (χ3n) is 4.74. The molecule has 1 amide bonds. The number of aryl methyl sites for hydroxylation is 1. The molecule has 0 aliphatic carbocycles. The third kappa shape index (κ3) is 5.40. The molecule has 0 spiro atoms. The molecule has 1 aliphatic rings. The summed E-state index contributed by atoms with van der Waals surface area (Å²) in [5.41, 5.74) is 1.16. The number of nitrogens with zero attached hydrogens (tertiary/aromatic N) is 4. The number of aromatic nitrogens is 2. The monoisotopic (exact) mass is 369 g/mol. The molecule has 144 valence electrons. The van der Waals surface area contributed by atoms with Gasteiger partial charge in [-0.25, -0.2) is 9.97 Å². The lowest BCUT2D eigenvalue weighted by Crippen LogP contribution is -2.54. The van der Waals surface area contributed by atoms with Gasteiger partial charge in [0, 0.05) is 38.6 Å². The number of carbonyl (C=O) groups is 1. The van der Waals surface area contributed by atoms with Crippen LogP contribution in [0.15, 0.2) is 42.7 Å². The van der Waals surface area contributed by atoms with Crippen LogP contribution in [-0.4, -0.2) is 66.1 Å². The lowest BCUT2D eigenvalue weighted by atomic mass is 10.2. The van der Waals surface area contributed by atoms with E-state index in [1.54, 1.807) is 12.4 Å². The molecule has 2 aromatic rings.